The van der Waals surface area contributed by atoms with Crippen LogP contribution in [0.3, 0.4) is 0 Å². The molecule has 1 aliphatic carbocycles. The van der Waals surface area contributed by atoms with Gasteiger partial charge in [0.1, 0.15) is 6.04 Å². The maximum atomic E-state index is 13.8. The molecule has 5 nitrogen and oxygen atoms in total. The third-order valence-electron chi connectivity index (χ3n) is 6.64. The van der Waals surface area contributed by atoms with Gasteiger partial charge in [-0.1, -0.05) is 50.1 Å². The lowest BCUT2D eigenvalue weighted by Gasteiger charge is -2.32. The molecule has 6 heteroatoms. The summed E-state index contributed by atoms with van der Waals surface area (Å²) in [6.45, 7) is 3.61. The molecule has 1 saturated carbocycles. The van der Waals surface area contributed by atoms with Gasteiger partial charge in [-0.05, 0) is 73.0 Å². The van der Waals surface area contributed by atoms with Crippen molar-refractivity contribution in [1.82, 2.24) is 5.32 Å². The van der Waals surface area contributed by atoms with Gasteiger partial charge in [-0.3, -0.25) is 19.3 Å². The van der Waals surface area contributed by atoms with Crippen LogP contribution < -0.4 is 10.2 Å². The van der Waals surface area contributed by atoms with Gasteiger partial charge in [0, 0.05) is 22.2 Å². The molecule has 1 atom stereocenters. The van der Waals surface area contributed by atoms with Gasteiger partial charge in [-0.2, -0.15) is 0 Å². The Bertz CT molecular complexity index is 1150. The van der Waals surface area contributed by atoms with Crippen LogP contribution in [0.5, 0.6) is 0 Å². The zero-order chi connectivity index (χ0) is 24.8. The van der Waals surface area contributed by atoms with Crippen LogP contribution in [0.1, 0.15) is 71.9 Å². The number of hydrogen-bond donors (Lipinski definition) is 1. The number of ketones is 1. The van der Waals surface area contributed by atoms with Crippen molar-refractivity contribution < 1.29 is 14.4 Å². The highest BCUT2D eigenvalue weighted by Gasteiger charge is 2.34. The average molecular weight is 489 g/mol. The van der Waals surface area contributed by atoms with Crippen molar-refractivity contribution in [3.8, 4) is 0 Å². The summed E-state index contributed by atoms with van der Waals surface area (Å²) in [6.07, 6.45) is 5.23. The summed E-state index contributed by atoms with van der Waals surface area (Å²) in [6, 6.07) is 18.1. The molecule has 1 aromatic heterocycles. The van der Waals surface area contributed by atoms with Crippen LogP contribution in [0.2, 0.25) is 0 Å². The fourth-order valence-electron chi connectivity index (χ4n) is 4.64. The number of rotatable bonds is 9. The number of Topliss-reactive ketones (excluding diaryl/α,β-unsaturated/α-hetero) is 1. The Morgan fingerprint density at radius 1 is 1.00 bits per heavy atom. The Morgan fingerprint density at radius 3 is 2.26 bits per heavy atom. The maximum absolute atomic E-state index is 13.8. The summed E-state index contributed by atoms with van der Waals surface area (Å²) in [7, 11) is 0. The maximum Gasteiger partial charge on any atom is 0.248 e. The van der Waals surface area contributed by atoms with Crippen molar-refractivity contribution >= 4 is 34.6 Å². The molecule has 0 saturated heterocycles. The summed E-state index contributed by atoms with van der Waals surface area (Å²) in [4.78, 5) is 42.0. The number of benzene rings is 2. The molecule has 0 spiro atoms. The van der Waals surface area contributed by atoms with E-state index in [1.165, 1.54) is 23.8 Å². The van der Waals surface area contributed by atoms with Crippen LogP contribution in [0, 0.1) is 0 Å². The molecular formula is C29H32N2O3S. The number of aryl methyl sites for hydroxylation is 1. The second-order valence-electron chi connectivity index (χ2n) is 9.11. The van der Waals surface area contributed by atoms with Crippen LogP contribution >= 0.6 is 11.3 Å². The molecule has 3 aromatic rings. The Morgan fingerprint density at radius 2 is 1.69 bits per heavy atom. The Hall–Kier alpha value is -3.25. The van der Waals surface area contributed by atoms with Gasteiger partial charge in [0.05, 0.1) is 6.42 Å². The second-order valence-corrected chi connectivity index (χ2v) is 10.1. The van der Waals surface area contributed by atoms with E-state index in [9.17, 15) is 14.4 Å². The van der Waals surface area contributed by atoms with E-state index >= 15 is 0 Å². The summed E-state index contributed by atoms with van der Waals surface area (Å²) in [5, 5.41) is 5.16. The van der Waals surface area contributed by atoms with E-state index in [-0.39, 0.29) is 30.1 Å². The van der Waals surface area contributed by atoms with Crippen molar-refractivity contribution in [2.75, 3.05) is 4.90 Å². The molecule has 2 amide bonds. The van der Waals surface area contributed by atoms with Crippen LogP contribution in [-0.4, -0.2) is 23.6 Å². The first-order valence-electron chi connectivity index (χ1n) is 12.3. The van der Waals surface area contributed by atoms with E-state index in [0.29, 0.717) is 11.3 Å². The van der Waals surface area contributed by atoms with E-state index in [1.807, 2.05) is 41.8 Å². The van der Waals surface area contributed by atoms with Gasteiger partial charge in [-0.15, -0.1) is 11.3 Å². The number of nitrogens with one attached hydrogen (secondary N) is 1. The Labute approximate surface area is 211 Å². The lowest BCUT2D eigenvalue weighted by atomic mass is 9.99. The number of hydrogen-bond acceptors (Lipinski definition) is 4. The molecule has 1 heterocycles. The zero-order valence-corrected chi connectivity index (χ0v) is 21.1. The lowest BCUT2D eigenvalue weighted by molar-refractivity contribution is -0.127. The SMILES string of the molecule is CCc1ccc([C@@H](C(=O)NC2CCCC2)N(C(=O)Cc2cccs2)c2ccc(C(C)=O)cc2)cc1. The lowest BCUT2D eigenvalue weighted by Crippen LogP contribution is -2.46. The largest absolute Gasteiger partial charge is 0.351 e. The first-order chi connectivity index (χ1) is 17.0. The van der Waals surface area contributed by atoms with Crippen molar-refractivity contribution in [3.63, 3.8) is 0 Å². The van der Waals surface area contributed by atoms with E-state index in [1.54, 1.807) is 29.2 Å². The molecule has 2 aromatic carbocycles. The summed E-state index contributed by atoms with van der Waals surface area (Å²) in [5.74, 6) is -0.371. The highest BCUT2D eigenvalue weighted by Crippen LogP contribution is 2.31. The number of thiophene rings is 1. The third-order valence-corrected chi connectivity index (χ3v) is 7.51. The molecule has 1 aliphatic rings. The minimum absolute atomic E-state index is 0.0429. The molecule has 35 heavy (non-hydrogen) atoms. The first-order valence-corrected chi connectivity index (χ1v) is 13.2. The highest BCUT2D eigenvalue weighted by atomic mass is 32.1. The van der Waals surface area contributed by atoms with Crippen LogP contribution in [0.15, 0.2) is 66.0 Å². The normalized spacial score (nSPS) is 14.5. The van der Waals surface area contributed by atoms with E-state index in [0.717, 1.165) is 42.5 Å². The summed E-state index contributed by atoms with van der Waals surface area (Å²) in [5.41, 5.74) is 3.11. The van der Waals surface area contributed by atoms with Crippen LogP contribution in [0.25, 0.3) is 0 Å². The number of nitrogens with zero attached hydrogens (tertiary/aromatic N) is 1. The molecule has 0 aliphatic heterocycles. The average Bonchev–Trinajstić information content (AvgIpc) is 3.57. The Balaban J connectivity index is 1.76. The molecular weight excluding hydrogens is 456 g/mol. The highest BCUT2D eigenvalue weighted by molar-refractivity contribution is 7.10. The minimum atomic E-state index is -0.808. The predicted octanol–water partition coefficient (Wildman–Crippen LogP) is 5.89. The van der Waals surface area contributed by atoms with Crippen LogP contribution in [-0.2, 0) is 22.4 Å². The Kier molecular flexibility index (Phi) is 8.13. The minimum Gasteiger partial charge on any atom is -0.351 e. The molecule has 1 fully saturated rings. The molecule has 0 unspecified atom stereocenters. The number of carbonyl (C=O) groups is 3. The van der Waals surface area contributed by atoms with E-state index in [4.69, 9.17) is 0 Å². The van der Waals surface area contributed by atoms with Gasteiger partial charge in [0.2, 0.25) is 11.8 Å². The predicted molar refractivity (Wildman–Crippen MR) is 141 cm³/mol. The molecule has 182 valence electrons. The topological polar surface area (TPSA) is 66.5 Å². The van der Waals surface area contributed by atoms with Crippen molar-refractivity contribution in [3.05, 3.63) is 87.6 Å². The summed E-state index contributed by atoms with van der Waals surface area (Å²) < 4.78 is 0. The third kappa shape index (κ3) is 6.06. The number of anilines is 1. The van der Waals surface area contributed by atoms with Crippen molar-refractivity contribution in [1.29, 1.82) is 0 Å². The smallest absolute Gasteiger partial charge is 0.248 e. The van der Waals surface area contributed by atoms with Gasteiger partial charge < -0.3 is 5.32 Å². The van der Waals surface area contributed by atoms with Gasteiger partial charge in [0.25, 0.3) is 0 Å². The van der Waals surface area contributed by atoms with E-state index < -0.39 is 6.04 Å². The fraction of sp³-hybridized carbons (Fsp3) is 0.345. The van der Waals surface area contributed by atoms with Gasteiger partial charge in [-0.25, -0.2) is 0 Å². The molecule has 0 radical (unpaired) electrons. The second kappa shape index (κ2) is 11.5. The monoisotopic (exact) mass is 488 g/mol. The van der Waals surface area contributed by atoms with Gasteiger partial charge in [0.15, 0.2) is 5.78 Å². The van der Waals surface area contributed by atoms with Crippen molar-refractivity contribution in [2.24, 2.45) is 0 Å². The number of amides is 2. The number of carbonyl (C=O) groups excluding carboxylic acids is 3. The standard InChI is InChI=1S/C29H32N2O3S/c1-3-21-10-12-23(13-11-21)28(29(34)30-24-7-4-5-8-24)31(27(33)19-26-9-6-18-35-26)25-16-14-22(15-17-25)20(2)32/h6,9-18,24,28H,3-5,7-8,19H2,1-2H3,(H,30,34)/t28-/m0/s1. The molecule has 0 bridgehead atoms. The summed E-state index contributed by atoms with van der Waals surface area (Å²) >= 11 is 1.52. The van der Waals surface area contributed by atoms with Crippen LogP contribution in [0.4, 0.5) is 5.69 Å². The quantitative estimate of drug-likeness (QED) is 0.382. The van der Waals surface area contributed by atoms with E-state index in [2.05, 4.69) is 12.2 Å². The van der Waals surface area contributed by atoms with Crippen molar-refractivity contribution in [2.45, 2.75) is 64.5 Å². The zero-order valence-electron chi connectivity index (χ0n) is 20.3. The molecule has 4 rings (SSSR count). The van der Waals surface area contributed by atoms with Gasteiger partial charge >= 0.3 is 0 Å². The molecule has 1 N–H and O–H groups in total. The first kappa shape index (κ1) is 24.9. The fourth-order valence-corrected chi connectivity index (χ4v) is 5.34.